The molecule has 0 saturated heterocycles. The maximum Gasteiger partial charge on any atom is 0.357 e. The van der Waals surface area contributed by atoms with Crippen LogP contribution in [-0.2, 0) is 32.6 Å². The van der Waals surface area contributed by atoms with E-state index in [4.69, 9.17) is 0 Å². The van der Waals surface area contributed by atoms with E-state index in [1.807, 2.05) is 6.07 Å². The molecule has 0 radical (unpaired) electrons. The zero-order valence-electron chi connectivity index (χ0n) is 21.5. The Balaban J connectivity index is 2.40. The van der Waals surface area contributed by atoms with Crippen LogP contribution in [0.15, 0.2) is 30.3 Å². The molecule has 0 fully saturated rings. The first-order valence-electron chi connectivity index (χ1n) is 11.8. The predicted octanol–water partition coefficient (Wildman–Crippen LogP) is 4.54. The molecular weight excluding hydrogens is 502 g/mol. The molecular formula is C25H35N3O6S2. The van der Waals surface area contributed by atoms with E-state index in [-0.39, 0.29) is 24.9 Å². The van der Waals surface area contributed by atoms with Gasteiger partial charge in [-0.2, -0.15) is 8.42 Å². The average Bonchev–Trinajstić information content (AvgIpc) is 3.13. The number of hydrogen-bond donors (Lipinski definition) is 3. The van der Waals surface area contributed by atoms with E-state index < -0.39 is 27.3 Å². The van der Waals surface area contributed by atoms with Crippen molar-refractivity contribution >= 4 is 43.5 Å². The summed E-state index contributed by atoms with van der Waals surface area (Å²) in [6, 6.07) is 8.12. The average molecular weight is 538 g/mol. The highest BCUT2D eigenvalue weighted by atomic mass is 32.2. The quantitative estimate of drug-likeness (QED) is 0.385. The van der Waals surface area contributed by atoms with E-state index in [1.54, 1.807) is 45.0 Å². The van der Waals surface area contributed by atoms with Crippen LogP contribution in [-0.4, -0.2) is 48.1 Å². The lowest BCUT2D eigenvalue weighted by Crippen LogP contribution is -2.46. The number of carbonyl (C=O) groups excluding carboxylic acids is 2. The molecule has 9 nitrogen and oxygen atoms in total. The van der Waals surface area contributed by atoms with Gasteiger partial charge in [0.2, 0.25) is 5.91 Å². The maximum atomic E-state index is 12.5. The Labute approximate surface area is 217 Å². The van der Waals surface area contributed by atoms with E-state index in [0.717, 1.165) is 22.4 Å². The van der Waals surface area contributed by atoms with E-state index in [1.165, 1.54) is 23.2 Å². The molecule has 1 aromatic heterocycles. The Bertz CT molecular complexity index is 1190. The predicted molar refractivity (Wildman–Crippen MR) is 142 cm³/mol. The van der Waals surface area contributed by atoms with Crippen LogP contribution in [0.5, 0.6) is 0 Å². The molecule has 198 valence electrons. The summed E-state index contributed by atoms with van der Waals surface area (Å²) in [4.78, 5) is 38.3. The molecule has 1 unspecified atom stereocenters. The fraction of sp³-hybridized carbons (Fsp3) is 0.480. The Morgan fingerprint density at radius 2 is 1.69 bits per heavy atom. The third-order valence-electron chi connectivity index (χ3n) is 5.43. The number of anilines is 1. The second-order valence-corrected chi connectivity index (χ2v) is 12.1. The number of hydrogen-bond acceptors (Lipinski definition) is 6. The molecule has 1 heterocycles. The number of nitrogens with zero attached hydrogens (tertiary/aromatic N) is 1. The van der Waals surface area contributed by atoms with Crippen LogP contribution in [0.2, 0.25) is 0 Å². The molecule has 1 aromatic carbocycles. The molecule has 0 bridgehead atoms. The maximum absolute atomic E-state index is 12.5. The minimum Gasteiger partial charge on any atom is -0.480 e. The first-order valence-corrected chi connectivity index (χ1v) is 14.1. The lowest BCUT2D eigenvalue weighted by Gasteiger charge is -2.30. The van der Waals surface area contributed by atoms with Gasteiger partial charge in [0.1, 0.15) is 11.0 Å². The van der Waals surface area contributed by atoms with Gasteiger partial charge in [-0.25, -0.2) is 4.79 Å². The monoisotopic (exact) mass is 537 g/mol. The molecule has 0 aliphatic carbocycles. The number of carboxylic acids is 1. The fourth-order valence-electron chi connectivity index (χ4n) is 3.81. The van der Waals surface area contributed by atoms with Crippen molar-refractivity contribution in [3.63, 3.8) is 0 Å². The summed E-state index contributed by atoms with van der Waals surface area (Å²) in [6.07, 6.45) is 0.748. The largest absolute Gasteiger partial charge is 0.480 e. The summed E-state index contributed by atoms with van der Waals surface area (Å²) in [7, 11) is -4.27. The smallest absolute Gasteiger partial charge is 0.357 e. The molecule has 2 amide bonds. The van der Waals surface area contributed by atoms with Gasteiger partial charge in [0, 0.05) is 30.5 Å². The summed E-state index contributed by atoms with van der Waals surface area (Å²) < 4.78 is 27.5. The van der Waals surface area contributed by atoms with Crippen molar-refractivity contribution < 1.29 is 27.9 Å². The molecule has 0 aliphatic rings. The van der Waals surface area contributed by atoms with E-state index >= 15 is 0 Å². The Morgan fingerprint density at radius 1 is 1.08 bits per heavy atom. The second-order valence-electron chi connectivity index (χ2n) is 9.35. The summed E-state index contributed by atoms with van der Waals surface area (Å²) in [5, 5.41) is 11.2. The number of aliphatic carboxylic acids is 1. The number of sulfonamides is 1. The lowest BCUT2D eigenvalue weighted by atomic mass is 10.0. The minimum absolute atomic E-state index is 0.129. The third-order valence-corrected chi connectivity index (χ3v) is 7.73. The summed E-state index contributed by atoms with van der Waals surface area (Å²) in [6.45, 7) is 10.9. The molecule has 2 rings (SSSR count). The zero-order chi connectivity index (χ0) is 27.2. The van der Waals surface area contributed by atoms with Crippen LogP contribution < -0.4 is 10.0 Å². The number of benzene rings is 1. The van der Waals surface area contributed by atoms with Crippen molar-refractivity contribution in [3.05, 3.63) is 40.8 Å². The summed E-state index contributed by atoms with van der Waals surface area (Å²) >= 11 is 1.29. The molecule has 2 aromatic rings. The van der Waals surface area contributed by atoms with Gasteiger partial charge in [-0.15, -0.1) is 11.3 Å². The van der Waals surface area contributed by atoms with Gasteiger partial charge in [0.15, 0.2) is 0 Å². The number of carboxylic acid groups (broad SMARTS) is 1. The van der Waals surface area contributed by atoms with Crippen molar-refractivity contribution in [3.8, 4) is 11.1 Å². The topological polar surface area (TPSA) is 133 Å². The normalized spacial score (nSPS) is 12.4. The first kappa shape index (κ1) is 29.3. The first-order chi connectivity index (χ1) is 16.8. The molecule has 0 aliphatic heterocycles. The van der Waals surface area contributed by atoms with Gasteiger partial charge in [-0.05, 0) is 42.4 Å². The van der Waals surface area contributed by atoms with Gasteiger partial charge in [-0.1, -0.05) is 52.0 Å². The van der Waals surface area contributed by atoms with E-state index in [0.29, 0.717) is 16.5 Å². The zero-order valence-corrected chi connectivity index (χ0v) is 23.1. The highest BCUT2D eigenvalue weighted by Gasteiger charge is 2.30. The van der Waals surface area contributed by atoms with Crippen LogP contribution in [0, 0.1) is 11.8 Å². The fourth-order valence-corrected chi connectivity index (χ4v) is 6.23. The highest BCUT2D eigenvalue weighted by Crippen LogP contribution is 2.38. The van der Waals surface area contributed by atoms with Crippen LogP contribution in [0.1, 0.15) is 52.0 Å². The molecule has 0 saturated carbocycles. The summed E-state index contributed by atoms with van der Waals surface area (Å²) in [5.74, 6) is -1.31. The van der Waals surface area contributed by atoms with Gasteiger partial charge in [-0.3, -0.25) is 14.3 Å². The van der Waals surface area contributed by atoms with Crippen molar-refractivity contribution in [1.29, 1.82) is 0 Å². The van der Waals surface area contributed by atoms with Gasteiger partial charge < -0.3 is 15.3 Å². The van der Waals surface area contributed by atoms with Crippen molar-refractivity contribution in [2.45, 2.75) is 60.5 Å². The number of thiophene rings is 1. The molecule has 0 spiro atoms. The molecule has 36 heavy (non-hydrogen) atoms. The summed E-state index contributed by atoms with van der Waals surface area (Å²) in [5.41, 5.74) is 2.11. The van der Waals surface area contributed by atoms with E-state index in [2.05, 4.69) is 23.9 Å². The van der Waals surface area contributed by atoms with E-state index in [9.17, 15) is 27.9 Å². The molecule has 1 atom stereocenters. The number of rotatable bonds is 11. The Morgan fingerprint density at radius 3 is 2.17 bits per heavy atom. The van der Waals surface area contributed by atoms with Gasteiger partial charge in [0.05, 0.1) is 0 Å². The third kappa shape index (κ3) is 7.54. The van der Waals surface area contributed by atoms with Crippen molar-refractivity contribution in [2.75, 3.05) is 11.3 Å². The minimum atomic E-state index is -4.27. The van der Waals surface area contributed by atoms with Crippen molar-refractivity contribution in [2.24, 2.45) is 11.8 Å². The molecule has 3 N–H and O–H groups in total. The van der Waals surface area contributed by atoms with Crippen LogP contribution in [0.4, 0.5) is 9.80 Å². The van der Waals surface area contributed by atoms with Crippen LogP contribution >= 0.6 is 11.3 Å². The molecule has 11 heteroatoms. The van der Waals surface area contributed by atoms with Gasteiger partial charge in [0.25, 0.3) is 0 Å². The van der Waals surface area contributed by atoms with Gasteiger partial charge >= 0.3 is 21.2 Å². The van der Waals surface area contributed by atoms with Crippen LogP contribution in [0.25, 0.3) is 11.1 Å². The van der Waals surface area contributed by atoms with Crippen molar-refractivity contribution in [1.82, 2.24) is 10.2 Å². The number of carbonyl (C=O) groups is 3. The SMILES string of the molecule is CCNC(=O)S(=O)(=O)Nc1sc(CC(C)C)cc1-c1ccc(CN(C(C)=O)C(C(=O)O)C(C)C)cc1. The lowest BCUT2D eigenvalue weighted by molar-refractivity contribution is -0.152. The number of amides is 2. The second kappa shape index (κ2) is 12.4. The Hall–Kier alpha value is -2.92. The number of nitrogens with one attached hydrogen (secondary N) is 2. The highest BCUT2D eigenvalue weighted by molar-refractivity contribution is 8.07. The standard InChI is InChI=1S/C25H35N3O6S2/c1-7-26-25(32)36(33,34)27-23-21(13-20(35-23)12-15(2)3)19-10-8-18(9-11-19)14-28(17(6)29)22(16(4)5)24(30)31/h8-11,13,15-16,22,27H,7,12,14H2,1-6H3,(H,26,32)(H,30,31). The van der Waals surface area contributed by atoms with Crippen LogP contribution in [0.3, 0.4) is 0 Å². The Kier molecular flexibility index (Phi) is 10.1.